The Labute approximate surface area is 193 Å². The molecule has 1 aliphatic heterocycles. The van der Waals surface area contributed by atoms with Crippen molar-refractivity contribution in [2.45, 2.75) is 50.2 Å². The van der Waals surface area contributed by atoms with Crippen molar-refractivity contribution in [3.8, 4) is 0 Å². The number of sulfonamides is 1. The van der Waals surface area contributed by atoms with Gasteiger partial charge >= 0.3 is 0 Å². The lowest BCUT2D eigenvalue weighted by Gasteiger charge is -2.33. The summed E-state index contributed by atoms with van der Waals surface area (Å²) in [6.07, 6.45) is 2.02. The molecule has 0 unspecified atom stereocenters. The van der Waals surface area contributed by atoms with E-state index in [2.05, 4.69) is 15.6 Å². The Morgan fingerprint density at radius 2 is 1.97 bits per heavy atom. The molecule has 0 aliphatic carbocycles. The number of fused-ring (bicyclic) bond motifs is 1. The van der Waals surface area contributed by atoms with Gasteiger partial charge in [-0.05, 0) is 43.5 Å². The molecule has 1 atom stereocenters. The van der Waals surface area contributed by atoms with Crippen molar-refractivity contribution in [2.24, 2.45) is 0 Å². The fourth-order valence-electron chi connectivity index (χ4n) is 4.06. The molecule has 0 spiro atoms. The van der Waals surface area contributed by atoms with Crippen molar-refractivity contribution in [3.05, 3.63) is 53.6 Å². The van der Waals surface area contributed by atoms with Gasteiger partial charge in [0.25, 0.3) is 0 Å². The number of aromatic nitrogens is 3. The van der Waals surface area contributed by atoms with Crippen molar-refractivity contribution in [3.63, 3.8) is 0 Å². The maximum absolute atomic E-state index is 13.5. The number of aryl methyl sites for hydroxylation is 1. The lowest BCUT2D eigenvalue weighted by Crippen LogP contribution is -2.51. The summed E-state index contributed by atoms with van der Waals surface area (Å²) in [6, 6.07) is 11.9. The van der Waals surface area contributed by atoms with E-state index >= 15 is 0 Å². The van der Waals surface area contributed by atoms with Crippen molar-refractivity contribution >= 4 is 27.0 Å². The second kappa shape index (κ2) is 9.98. The van der Waals surface area contributed by atoms with Crippen LogP contribution in [0, 0.1) is 6.92 Å². The molecule has 1 fully saturated rings. The molecule has 1 saturated heterocycles. The van der Waals surface area contributed by atoms with Gasteiger partial charge in [0, 0.05) is 20.2 Å². The van der Waals surface area contributed by atoms with Gasteiger partial charge in [0.2, 0.25) is 15.9 Å². The number of nitrogens with zero attached hydrogens (tertiary/aromatic N) is 4. The van der Waals surface area contributed by atoms with Crippen LogP contribution in [0.25, 0.3) is 11.0 Å². The summed E-state index contributed by atoms with van der Waals surface area (Å²) in [4.78, 5) is 13.1. The van der Waals surface area contributed by atoms with Crippen LogP contribution < -0.4 is 5.32 Å². The van der Waals surface area contributed by atoms with E-state index < -0.39 is 16.1 Å². The highest BCUT2D eigenvalue weighted by atomic mass is 32.2. The van der Waals surface area contributed by atoms with Crippen LogP contribution in [0.2, 0.25) is 0 Å². The molecule has 176 valence electrons. The Morgan fingerprint density at radius 1 is 1.18 bits per heavy atom. The molecule has 2 heterocycles. The molecule has 1 aliphatic rings. The minimum absolute atomic E-state index is 0.118. The minimum Gasteiger partial charge on any atom is -0.383 e. The predicted molar refractivity (Wildman–Crippen MR) is 124 cm³/mol. The van der Waals surface area contributed by atoms with Crippen LogP contribution in [0.15, 0.2) is 47.4 Å². The second-order valence-corrected chi connectivity index (χ2v) is 10.2. The van der Waals surface area contributed by atoms with Crippen molar-refractivity contribution in [1.29, 1.82) is 0 Å². The van der Waals surface area contributed by atoms with E-state index in [1.54, 1.807) is 23.9 Å². The number of methoxy groups -OCH3 is 1. The molecule has 0 bridgehead atoms. The molecule has 33 heavy (non-hydrogen) atoms. The largest absolute Gasteiger partial charge is 0.383 e. The van der Waals surface area contributed by atoms with E-state index in [1.165, 1.54) is 10.4 Å². The highest BCUT2D eigenvalue weighted by molar-refractivity contribution is 7.89. The average molecular weight is 472 g/mol. The third kappa shape index (κ3) is 5.07. The Hall–Kier alpha value is -2.82. The third-order valence-electron chi connectivity index (χ3n) is 5.94. The molecule has 2 aromatic carbocycles. The smallest absolute Gasteiger partial charge is 0.243 e. The standard InChI is InChI=1S/C23H29N5O4S/c1-17-6-8-18(9-7-17)16-24-23(29)22-5-3-4-12-28(22)33(30,31)19-10-11-21-20(15-19)25-26-27(21)13-14-32-2/h6-11,15,22H,3-5,12-14,16H2,1-2H3,(H,24,29)/t22-/m0/s1. The number of hydrogen-bond acceptors (Lipinski definition) is 6. The number of piperidine rings is 1. The summed E-state index contributed by atoms with van der Waals surface area (Å²) in [7, 11) is -2.27. The number of rotatable bonds is 8. The first kappa shape index (κ1) is 23.3. The minimum atomic E-state index is -3.87. The van der Waals surface area contributed by atoms with Gasteiger partial charge in [-0.2, -0.15) is 4.31 Å². The number of nitrogens with one attached hydrogen (secondary N) is 1. The van der Waals surface area contributed by atoms with Crippen LogP contribution in [0.3, 0.4) is 0 Å². The number of benzene rings is 2. The van der Waals surface area contributed by atoms with Gasteiger partial charge < -0.3 is 10.1 Å². The fourth-order valence-corrected chi connectivity index (χ4v) is 5.74. The Bertz CT molecular complexity index is 1220. The molecular formula is C23H29N5O4S. The molecule has 9 nitrogen and oxygen atoms in total. The van der Waals surface area contributed by atoms with E-state index in [-0.39, 0.29) is 10.8 Å². The first-order chi connectivity index (χ1) is 15.9. The summed E-state index contributed by atoms with van der Waals surface area (Å²) in [6.45, 7) is 3.67. The molecule has 4 rings (SSSR count). The average Bonchev–Trinajstić information content (AvgIpc) is 3.24. The van der Waals surface area contributed by atoms with E-state index in [4.69, 9.17) is 4.74 Å². The zero-order valence-electron chi connectivity index (χ0n) is 18.9. The van der Waals surface area contributed by atoms with Gasteiger partial charge in [0.15, 0.2) is 0 Å². The number of carbonyl (C=O) groups excluding carboxylic acids is 1. The second-order valence-electron chi connectivity index (χ2n) is 8.29. The van der Waals surface area contributed by atoms with Gasteiger partial charge in [-0.3, -0.25) is 4.79 Å². The number of carbonyl (C=O) groups is 1. The Morgan fingerprint density at radius 3 is 2.73 bits per heavy atom. The number of ether oxygens (including phenoxy) is 1. The van der Waals surface area contributed by atoms with Crippen LogP contribution in [0.5, 0.6) is 0 Å². The SMILES string of the molecule is COCCn1nnc2cc(S(=O)(=O)N3CCCC[C@H]3C(=O)NCc3ccc(C)cc3)ccc21. The molecule has 1 amide bonds. The molecule has 3 aromatic rings. The summed E-state index contributed by atoms with van der Waals surface area (Å²) in [5.41, 5.74) is 3.34. The Kier molecular flexibility index (Phi) is 7.06. The first-order valence-electron chi connectivity index (χ1n) is 11.1. The van der Waals surface area contributed by atoms with Crippen LogP contribution in [0.1, 0.15) is 30.4 Å². The molecule has 1 N–H and O–H groups in total. The van der Waals surface area contributed by atoms with Crippen LogP contribution in [-0.2, 0) is 32.6 Å². The third-order valence-corrected chi connectivity index (χ3v) is 7.85. The zero-order chi connectivity index (χ0) is 23.4. The zero-order valence-corrected chi connectivity index (χ0v) is 19.7. The first-order valence-corrected chi connectivity index (χ1v) is 12.5. The lowest BCUT2D eigenvalue weighted by molar-refractivity contribution is -0.125. The number of amides is 1. The van der Waals surface area contributed by atoms with Gasteiger partial charge in [-0.1, -0.05) is 41.5 Å². The van der Waals surface area contributed by atoms with Gasteiger partial charge in [0.1, 0.15) is 11.6 Å². The molecule has 1 aromatic heterocycles. The molecule has 0 saturated carbocycles. The van der Waals surface area contributed by atoms with E-state index in [0.29, 0.717) is 38.2 Å². The monoisotopic (exact) mass is 471 g/mol. The summed E-state index contributed by atoms with van der Waals surface area (Å²) in [5, 5.41) is 11.1. The van der Waals surface area contributed by atoms with Gasteiger partial charge in [0.05, 0.1) is 23.6 Å². The summed E-state index contributed by atoms with van der Waals surface area (Å²) >= 11 is 0. The fraction of sp³-hybridized carbons (Fsp3) is 0.435. The van der Waals surface area contributed by atoms with Gasteiger partial charge in [-0.15, -0.1) is 5.10 Å². The summed E-state index contributed by atoms with van der Waals surface area (Å²) < 4.78 is 35.1. The molecular weight excluding hydrogens is 442 g/mol. The number of hydrogen-bond donors (Lipinski definition) is 1. The lowest BCUT2D eigenvalue weighted by atomic mass is 10.0. The maximum Gasteiger partial charge on any atom is 0.243 e. The topological polar surface area (TPSA) is 106 Å². The van der Waals surface area contributed by atoms with Crippen LogP contribution in [-0.4, -0.2) is 59.9 Å². The highest BCUT2D eigenvalue weighted by Gasteiger charge is 2.37. The van der Waals surface area contributed by atoms with Crippen LogP contribution in [0.4, 0.5) is 0 Å². The summed E-state index contributed by atoms with van der Waals surface area (Å²) in [5.74, 6) is -0.273. The Balaban J connectivity index is 1.53. The quantitative estimate of drug-likeness (QED) is 0.540. The predicted octanol–water partition coefficient (Wildman–Crippen LogP) is 2.25. The van der Waals surface area contributed by atoms with E-state index in [0.717, 1.165) is 29.5 Å². The van der Waals surface area contributed by atoms with Crippen LogP contribution >= 0.6 is 0 Å². The van der Waals surface area contributed by atoms with Gasteiger partial charge in [-0.25, -0.2) is 13.1 Å². The highest BCUT2D eigenvalue weighted by Crippen LogP contribution is 2.27. The van der Waals surface area contributed by atoms with E-state index in [9.17, 15) is 13.2 Å². The van der Waals surface area contributed by atoms with E-state index in [1.807, 2.05) is 31.2 Å². The molecule has 10 heteroatoms. The van der Waals surface area contributed by atoms with Crippen molar-refractivity contribution in [2.75, 3.05) is 20.3 Å². The normalized spacial score (nSPS) is 17.3. The molecule has 0 radical (unpaired) electrons. The van der Waals surface area contributed by atoms with Crippen molar-refractivity contribution < 1.29 is 17.9 Å². The maximum atomic E-state index is 13.5. The van der Waals surface area contributed by atoms with Crippen molar-refractivity contribution in [1.82, 2.24) is 24.6 Å².